The van der Waals surface area contributed by atoms with Crippen molar-refractivity contribution in [1.82, 2.24) is 10.7 Å². The molecule has 9 heteroatoms. The number of benzene rings is 3. The molecule has 0 aliphatic heterocycles. The summed E-state index contributed by atoms with van der Waals surface area (Å²) in [6.45, 7) is 2.07. The van der Waals surface area contributed by atoms with Crippen LogP contribution in [0.2, 0.25) is 0 Å². The Labute approximate surface area is 209 Å². The Kier molecular flexibility index (Phi) is 9.58. The molecule has 0 aromatic heterocycles. The first-order chi connectivity index (χ1) is 17.4. The van der Waals surface area contributed by atoms with E-state index in [4.69, 9.17) is 9.47 Å². The highest BCUT2D eigenvalue weighted by Crippen LogP contribution is 2.27. The SMILES string of the molecule is COc1cc(/C=N\NC(=O)C(=O)NCCc2ccccc2)ccc1OCC(=O)Nc1cccc(C)c1. The van der Waals surface area contributed by atoms with Crippen LogP contribution in [0.15, 0.2) is 77.9 Å². The van der Waals surface area contributed by atoms with Gasteiger partial charge in [-0.15, -0.1) is 0 Å². The van der Waals surface area contributed by atoms with Gasteiger partial charge in [-0.25, -0.2) is 5.43 Å². The fraction of sp³-hybridized carbons (Fsp3) is 0.185. The van der Waals surface area contributed by atoms with E-state index in [1.165, 1.54) is 13.3 Å². The maximum absolute atomic E-state index is 12.2. The normalized spacial score (nSPS) is 10.5. The number of methoxy groups -OCH3 is 1. The smallest absolute Gasteiger partial charge is 0.329 e. The minimum absolute atomic E-state index is 0.201. The highest BCUT2D eigenvalue weighted by atomic mass is 16.5. The molecule has 0 saturated heterocycles. The number of ether oxygens (including phenoxy) is 2. The number of carbonyl (C=O) groups is 3. The molecule has 9 nitrogen and oxygen atoms in total. The zero-order valence-electron chi connectivity index (χ0n) is 20.1. The summed E-state index contributed by atoms with van der Waals surface area (Å²) in [5.74, 6) is -1.19. The van der Waals surface area contributed by atoms with Gasteiger partial charge in [-0.2, -0.15) is 5.10 Å². The Bertz CT molecular complexity index is 1230. The molecule has 3 N–H and O–H groups in total. The average molecular weight is 489 g/mol. The van der Waals surface area contributed by atoms with Crippen LogP contribution < -0.4 is 25.5 Å². The number of carbonyl (C=O) groups excluding carboxylic acids is 3. The Balaban J connectivity index is 1.46. The summed E-state index contributed by atoms with van der Waals surface area (Å²) in [5, 5.41) is 9.14. The van der Waals surface area contributed by atoms with E-state index in [1.807, 2.05) is 55.5 Å². The first-order valence-corrected chi connectivity index (χ1v) is 11.3. The van der Waals surface area contributed by atoms with E-state index in [2.05, 4.69) is 21.2 Å². The second-order valence-electron chi connectivity index (χ2n) is 7.81. The summed E-state index contributed by atoms with van der Waals surface area (Å²) in [5.41, 5.74) is 5.57. The Morgan fingerprint density at radius 3 is 2.47 bits per heavy atom. The summed E-state index contributed by atoms with van der Waals surface area (Å²) in [6, 6.07) is 22.0. The minimum Gasteiger partial charge on any atom is -0.493 e. The van der Waals surface area contributed by atoms with Gasteiger partial charge in [0.05, 0.1) is 13.3 Å². The highest BCUT2D eigenvalue weighted by Gasteiger charge is 2.12. The van der Waals surface area contributed by atoms with Gasteiger partial charge >= 0.3 is 11.8 Å². The third-order valence-corrected chi connectivity index (χ3v) is 4.98. The molecular formula is C27H28N4O5. The molecule has 0 fully saturated rings. The largest absolute Gasteiger partial charge is 0.493 e. The van der Waals surface area contributed by atoms with E-state index in [9.17, 15) is 14.4 Å². The van der Waals surface area contributed by atoms with Crippen molar-refractivity contribution in [3.63, 3.8) is 0 Å². The van der Waals surface area contributed by atoms with Gasteiger partial charge in [0.1, 0.15) is 0 Å². The average Bonchev–Trinajstić information content (AvgIpc) is 2.88. The van der Waals surface area contributed by atoms with Crippen molar-refractivity contribution in [2.45, 2.75) is 13.3 Å². The quantitative estimate of drug-likeness (QED) is 0.230. The van der Waals surface area contributed by atoms with Crippen molar-refractivity contribution in [2.75, 3.05) is 25.6 Å². The molecule has 3 amide bonds. The summed E-state index contributed by atoms with van der Waals surface area (Å²) < 4.78 is 10.9. The summed E-state index contributed by atoms with van der Waals surface area (Å²) in [6.07, 6.45) is 1.98. The van der Waals surface area contributed by atoms with E-state index in [1.54, 1.807) is 24.3 Å². The van der Waals surface area contributed by atoms with Crippen molar-refractivity contribution >= 4 is 29.6 Å². The first kappa shape index (κ1) is 26.0. The third-order valence-electron chi connectivity index (χ3n) is 4.98. The van der Waals surface area contributed by atoms with Crippen molar-refractivity contribution in [1.29, 1.82) is 0 Å². The molecule has 3 aromatic carbocycles. The molecule has 3 rings (SSSR count). The predicted molar refractivity (Wildman–Crippen MR) is 137 cm³/mol. The molecule has 0 bridgehead atoms. The summed E-state index contributed by atoms with van der Waals surface area (Å²) >= 11 is 0. The third kappa shape index (κ3) is 8.28. The second kappa shape index (κ2) is 13.3. The molecular weight excluding hydrogens is 460 g/mol. The number of anilines is 1. The number of rotatable bonds is 10. The van der Waals surface area contributed by atoms with Crippen LogP contribution in [-0.2, 0) is 20.8 Å². The second-order valence-corrected chi connectivity index (χ2v) is 7.81. The van der Waals surface area contributed by atoms with Gasteiger partial charge < -0.3 is 20.1 Å². The van der Waals surface area contributed by atoms with Gasteiger partial charge in [0.2, 0.25) is 0 Å². The maximum atomic E-state index is 12.2. The zero-order valence-corrected chi connectivity index (χ0v) is 20.1. The topological polar surface area (TPSA) is 118 Å². The zero-order chi connectivity index (χ0) is 25.8. The molecule has 0 heterocycles. The molecule has 186 valence electrons. The van der Waals surface area contributed by atoms with Gasteiger partial charge in [0.25, 0.3) is 5.91 Å². The first-order valence-electron chi connectivity index (χ1n) is 11.3. The van der Waals surface area contributed by atoms with Crippen LogP contribution in [0.1, 0.15) is 16.7 Å². The summed E-state index contributed by atoms with van der Waals surface area (Å²) in [7, 11) is 1.47. The lowest BCUT2D eigenvalue weighted by atomic mass is 10.1. The van der Waals surface area contributed by atoms with Crippen LogP contribution in [-0.4, -0.2) is 44.2 Å². The van der Waals surface area contributed by atoms with Crippen LogP contribution >= 0.6 is 0 Å². The van der Waals surface area contributed by atoms with Crippen molar-refractivity contribution in [3.8, 4) is 11.5 Å². The van der Waals surface area contributed by atoms with Crippen LogP contribution in [0.3, 0.4) is 0 Å². The number of amides is 3. The monoisotopic (exact) mass is 488 g/mol. The van der Waals surface area contributed by atoms with Crippen LogP contribution in [0, 0.1) is 6.92 Å². The van der Waals surface area contributed by atoms with Gasteiger partial charge in [-0.05, 0) is 60.4 Å². The Morgan fingerprint density at radius 1 is 0.917 bits per heavy atom. The van der Waals surface area contributed by atoms with E-state index in [0.717, 1.165) is 11.1 Å². The summed E-state index contributed by atoms with van der Waals surface area (Å²) in [4.78, 5) is 36.0. The van der Waals surface area contributed by atoms with Gasteiger partial charge in [-0.3, -0.25) is 14.4 Å². The molecule has 0 spiro atoms. The number of hydrazone groups is 1. The van der Waals surface area contributed by atoms with Crippen molar-refractivity contribution in [3.05, 3.63) is 89.5 Å². The fourth-order valence-corrected chi connectivity index (χ4v) is 3.21. The number of hydrogen-bond donors (Lipinski definition) is 3. The van der Waals surface area contributed by atoms with Crippen LogP contribution in [0.4, 0.5) is 5.69 Å². The fourth-order valence-electron chi connectivity index (χ4n) is 3.21. The van der Waals surface area contributed by atoms with Crippen molar-refractivity contribution < 1.29 is 23.9 Å². The molecule has 0 radical (unpaired) electrons. The standard InChI is InChI=1S/C27H28N4O5/c1-19-7-6-10-22(15-19)30-25(32)18-36-23-12-11-21(16-24(23)35-2)17-29-31-27(34)26(33)28-14-13-20-8-4-3-5-9-20/h3-12,15-17H,13-14,18H2,1-2H3,(H,28,33)(H,30,32)(H,31,34)/b29-17-. The lowest BCUT2D eigenvalue weighted by Gasteiger charge is -2.11. The van der Waals surface area contributed by atoms with E-state index >= 15 is 0 Å². The Morgan fingerprint density at radius 2 is 1.72 bits per heavy atom. The molecule has 36 heavy (non-hydrogen) atoms. The lowest BCUT2D eigenvalue weighted by Crippen LogP contribution is -2.38. The molecule has 0 unspecified atom stereocenters. The van der Waals surface area contributed by atoms with Gasteiger partial charge in [0, 0.05) is 12.2 Å². The minimum atomic E-state index is -0.870. The molecule has 0 aliphatic rings. The van der Waals surface area contributed by atoms with E-state index < -0.39 is 11.8 Å². The highest BCUT2D eigenvalue weighted by molar-refractivity contribution is 6.35. The molecule has 0 aliphatic carbocycles. The lowest BCUT2D eigenvalue weighted by molar-refractivity contribution is -0.139. The van der Waals surface area contributed by atoms with Gasteiger partial charge in [-0.1, -0.05) is 42.5 Å². The van der Waals surface area contributed by atoms with Gasteiger partial charge in [0.15, 0.2) is 18.1 Å². The number of nitrogens with one attached hydrogen (secondary N) is 3. The van der Waals surface area contributed by atoms with Crippen LogP contribution in [0.5, 0.6) is 11.5 Å². The maximum Gasteiger partial charge on any atom is 0.329 e. The van der Waals surface area contributed by atoms with E-state index in [-0.39, 0.29) is 12.5 Å². The number of hydrogen-bond acceptors (Lipinski definition) is 6. The number of aryl methyl sites for hydroxylation is 1. The number of nitrogens with zero attached hydrogens (tertiary/aromatic N) is 1. The molecule has 0 saturated carbocycles. The molecule has 3 aromatic rings. The van der Waals surface area contributed by atoms with Crippen LogP contribution in [0.25, 0.3) is 0 Å². The Hall–Kier alpha value is -4.66. The molecule has 0 atom stereocenters. The predicted octanol–water partition coefficient (Wildman–Crippen LogP) is 2.83. The van der Waals surface area contributed by atoms with Crippen molar-refractivity contribution in [2.24, 2.45) is 5.10 Å². The van der Waals surface area contributed by atoms with E-state index in [0.29, 0.717) is 35.7 Å².